The van der Waals surface area contributed by atoms with Crippen LogP contribution in [0.25, 0.3) is 0 Å². The minimum Gasteiger partial charge on any atom is -0.454 e. The molecule has 0 spiro atoms. The van der Waals surface area contributed by atoms with Gasteiger partial charge in [-0.3, -0.25) is 19.3 Å². The molecular weight excluding hydrogens is 462 g/mol. The quantitative estimate of drug-likeness (QED) is 0.276. The summed E-state index contributed by atoms with van der Waals surface area (Å²) in [5.74, 6) is -2.03. The molecule has 0 radical (unpaired) electrons. The van der Waals surface area contributed by atoms with Gasteiger partial charge in [0.2, 0.25) is 11.8 Å². The molecule has 1 heterocycles. The molecule has 1 saturated heterocycles. The third-order valence-corrected chi connectivity index (χ3v) is 6.26. The Morgan fingerprint density at radius 2 is 1.65 bits per heavy atom. The largest absolute Gasteiger partial charge is 0.454 e. The van der Waals surface area contributed by atoms with Crippen molar-refractivity contribution in [2.24, 2.45) is 17.8 Å². The van der Waals surface area contributed by atoms with Crippen LogP contribution in [-0.4, -0.2) is 30.2 Å². The number of benzene rings is 2. The van der Waals surface area contributed by atoms with Crippen molar-refractivity contribution in [2.75, 3.05) is 11.5 Å². The SMILES string of the molecule is C[C@H]1C=CC[C@@H]2C(=O)N(c3ccc(C(=O)OCC(=O)c4ccc(Br)cc4)cc3)C(=O)[C@@H]21. The number of ketones is 1. The molecule has 1 aliphatic heterocycles. The topological polar surface area (TPSA) is 80.8 Å². The van der Waals surface area contributed by atoms with E-state index in [1.54, 1.807) is 36.4 Å². The van der Waals surface area contributed by atoms with E-state index in [1.807, 2.05) is 19.1 Å². The van der Waals surface area contributed by atoms with E-state index >= 15 is 0 Å². The van der Waals surface area contributed by atoms with Crippen molar-refractivity contribution in [3.05, 3.63) is 76.3 Å². The molecule has 31 heavy (non-hydrogen) atoms. The number of hydrogen-bond acceptors (Lipinski definition) is 5. The van der Waals surface area contributed by atoms with Gasteiger partial charge in [0.15, 0.2) is 12.4 Å². The average molecular weight is 482 g/mol. The van der Waals surface area contributed by atoms with Crippen LogP contribution in [0.5, 0.6) is 0 Å². The normalized spacial score (nSPS) is 22.4. The number of fused-ring (bicyclic) bond motifs is 1. The number of nitrogens with zero attached hydrogens (tertiary/aromatic N) is 1. The van der Waals surface area contributed by atoms with E-state index in [9.17, 15) is 19.2 Å². The molecule has 7 heteroatoms. The van der Waals surface area contributed by atoms with Crippen LogP contribution in [0.2, 0.25) is 0 Å². The zero-order valence-corrected chi connectivity index (χ0v) is 18.4. The molecule has 4 rings (SSSR count). The Labute approximate surface area is 188 Å². The highest BCUT2D eigenvalue weighted by Gasteiger charge is 2.50. The summed E-state index contributed by atoms with van der Waals surface area (Å²) in [4.78, 5) is 51.3. The van der Waals surface area contributed by atoms with Gasteiger partial charge in [0, 0.05) is 10.0 Å². The molecule has 2 aliphatic rings. The summed E-state index contributed by atoms with van der Waals surface area (Å²) in [6.45, 7) is 1.57. The molecule has 158 valence electrons. The maximum Gasteiger partial charge on any atom is 0.338 e. The number of allylic oxidation sites excluding steroid dienone is 2. The first-order valence-corrected chi connectivity index (χ1v) is 10.8. The van der Waals surface area contributed by atoms with Crippen LogP contribution in [0, 0.1) is 17.8 Å². The van der Waals surface area contributed by atoms with Gasteiger partial charge in [-0.05, 0) is 48.7 Å². The second-order valence-electron chi connectivity index (χ2n) is 7.72. The van der Waals surface area contributed by atoms with Crippen molar-refractivity contribution >= 4 is 45.2 Å². The van der Waals surface area contributed by atoms with Gasteiger partial charge in [-0.2, -0.15) is 0 Å². The number of imide groups is 1. The van der Waals surface area contributed by atoms with Crippen LogP contribution in [0.15, 0.2) is 65.2 Å². The van der Waals surface area contributed by atoms with Gasteiger partial charge in [0.1, 0.15) is 0 Å². The van der Waals surface area contributed by atoms with Crippen LogP contribution >= 0.6 is 15.9 Å². The Balaban J connectivity index is 1.41. The van der Waals surface area contributed by atoms with Crippen molar-refractivity contribution in [3.8, 4) is 0 Å². The minimum absolute atomic E-state index is 0.0118. The number of carbonyl (C=O) groups is 4. The van der Waals surface area contributed by atoms with Crippen LogP contribution in [-0.2, 0) is 14.3 Å². The summed E-state index contributed by atoms with van der Waals surface area (Å²) < 4.78 is 5.97. The molecule has 2 amide bonds. The third kappa shape index (κ3) is 4.10. The highest BCUT2D eigenvalue weighted by molar-refractivity contribution is 9.10. The maximum absolute atomic E-state index is 12.9. The monoisotopic (exact) mass is 481 g/mol. The molecule has 3 atom stereocenters. The molecule has 1 aliphatic carbocycles. The van der Waals surface area contributed by atoms with Crippen molar-refractivity contribution < 1.29 is 23.9 Å². The van der Waals surface area contributed by atoms with E-state index in [1.165, 1.54) is 17.0 Å². The van der Waals surface area contributed by atoms with E-state index < -0.39 is 5.97 Å². The van der Waals surface area contributed by atoms with Crippen LogP contribution < -0.4 is 4.90 Å². The zero-order valence-electron chi connectivity index (χ0n) is 16.8. The number of ether oxygens (including phenoxy) is 1. The second-order valence-corrected chi connectivity index (χ2v) is 8.64. The fourth-order valence-electron chi connectivity index (χ4n) is 4.08. The van der Waals surface area contributed by atoms with E-state index in [0.717, 1.165) is 4.47 Å². The predicted molar refractivity (Wildman–Crippen MR) is 118 cm³/mol. The first-order chi connectivity index (χ1) is 14.9. The number of rotatable bonds is 5. The Bertz CT molecular complexity index is 1070. The molecular formula is C24H20BrNO5. The second kappa shape index (κ2) is 8.59. The number of halogens is 1. The molecule has 0 aromatic heterocycles. The molecule has 1 fully saturated rings. The van der Waals surface area contributed by atoms with E-state index in [0.29, 0.717) is 17.7 Å². The minimum atomic E-state index is -0.650. The van der Waals surface area contributed by atoms with Gasteiger partial charge in [-0.1, -0.05) is 47.1 Å². The highest BCUT2D eigenvalue weighted by atomic mass is 79.9. The smallest absolute Gasteiger partial charge is 0.338 e. The Hall–Kier alpha value is -3.06. The Morgan fingerprint density at radius 1 is 1.00 bits per heavy atom. The van der Waals surface area contributed by atoms with Crippen molar-refractivity contribution in [2.45, 2.75) is 13.3 Å². The molecule has 0 unspecified atom stereocenters. The zero-order chi connectivity index (χ0) is 22.1. The fraction of sp³-hybridized carbons (Fsp3) is 0.250. The molecule has 2 aromatic carbocycles. The summed E-state index contributed by atoms with van der Waals surface area (Å²) in [6.07, 6.45) is 4.49. The first kappa shape index (κ1) is 21.2. The van der Waals surface area contributed by atoms with Crippen LogP contribution in [0.3, 0.4) is 0 Å². The number of hydrogen-bond donors (Lipinski definition) is 0. The number of esters is 1. The Kier molecular flexibility index (Phi) is 5.87. The first-order valence-electron chi connectivity index (χ1n) is 9.97. The van der Waals surface area contributed by atoms with Crippen molar-refractivity contribution in [1.29, 1.82) is 0 Å². The summed E-state index contributed by atoms with van der Waals surface area (Å²) in [7, 11) is 0. The lowest BCUT2D eigenvalue weighted by Gasteiger charge is -2.22. The highest BCUT2D eigenvalue weighted by Crippen LogP contribution is 2.40. The predicted octanol–water partition coefficient (Wildman–Crippen LogP) is 4.19. The van der Waals surface area contributed by atoms with Crippen molar-refractivity contribution in [3.63, 3.8) is 0 Å². The van der Waals surface area contributed by atoms with Gasteiger partial charge in [-0.15, -0.1) is 0 Å². The lowest BCUT2D eigenvalue weighted by atomic mass is 9.78. The van der Waals surface area contributed by atoms with E-state index in [4.69, 9.17) is 4.74 Å². The fourth-order valence-corrected chi connectivity index (χ4v) is 4.35. The van der Waals surface area contributed by atoms with Gasteiger partial charge in [0.25, 0.3) is 0 Å². The number of Topliss-reactive ketones (excluding diaryl/α,β-unsaturated/α-hetero) is 1. The van der Waals surface area contributed by atoms with E-state index in [-0.39, 0.29) is 47.5 Å². The Morgan fingerprint density at radius 3 is 2.29 bits per heavy atom. The molecule has 6 nitrogen and oxygen atoms in total. The lowest BCUT2D eigenvalue weighted by molar-refractivity contribution is -0.122. The summed E-state index contributed by atoms with van der Waals surface area (Å²) in [5.41, 5.74) is 1.11. The van der Waals surface area contributed by atoms with Gasteiger partial charge in [-0.25, -0.2) is 4.79 Å². The average Bonchev–Trinajstić information content (AvgIpc) is 3.03. The summed E-state index contributed by atoms with van der Waals surface area (Å²) >= 11 is 3.30. The van der Waals surface area contributed by atoms with Crippen LogP contribution in [0.1, 0.15) is 34.1 Å². The third-order valence-electron chi connectivity index (χ3n) is 5.73. The number of anilines is 1. The number of carbonyl (C=O) groups excluding carboxylic acids is 4. The molecule has 0 bridgehead atoms. The standard InChI is InChI=1S/C24H20BrNO5/c1-14-3-2-4-19-21(14)23(29)26(22(19)28)18-11-7-16(8-12-18)24(30)31-13-20(27)15-5-9-17(25)10-6-15/h2-3,5-12,14,19,21H,4,13H2,1H3/t14-,19-,21+/m0/s1. The molecule has 0 N–H and O–H groups in total. The molecule has 2 aromatic rings. The lowest BCUT2D eigenvalue weighted by Crippen LogP contribution is -2.31. The molecule has 0 saturated carbocycles. The van der Waals surface area contributed by atoms with Crippen molar-refractivity contribution in [1.82, 2.24) is 0 Å². The number of amides is 2. The van der Waals surface area contributed by atoms with Crippen LogP contribution in [0.4, 0.5) is 5.69 Å². The van der Waals surface area contributed by atoms with Gasteiger partial charge >= 0.3 is 5.97 Å². The maximum atomic E-state index is 12.9. The van der Waals surface area contributed by atoms with Gasteiger partial charge in [0.05, 0.1) is 23.1 Å². The van der Waals surface area contributed by atoms with E-state index in [2.05, 4.69) is 15.9 Å². The summed E-state index contributed by atoms with van der Waals surface area (Å²) in [5, 5.41) is 0. The summed E-state index contributed by atoms with van der Waals surface area (Å²) in [6, 6.07) is 12.9. The van der Waals surface area contributed by atoms with Gasteiger partial charge < -0.3 is 4.74 Å².